The number of aryl methyl sites for hydroxylation is 2. The Morgan fingerprint density at radius 1 is 1.27 bits per heavy atom. The van der Waals surface area contributed by atoms with Crippen molar-refractivity contribution < 1.29 is 0 Å². The Balaban J connectivity index is 2.84. The molecule has 0 amide bonds. The minimum Gasteiger partial charge on any atom is -0.383 e. The van der Waals surface area contributed by atoms with Crippen molar-refractivity contribution in [3.05, 3.63) is 17.1 Å². The van der Waals surface area contributed by atoms with E-state index in [4.69, 9.17) is 5.73 Å². The van der Waals surface area contributed by atoms with Crippen molar-refractivity contribution in [1.82, 2.24) is 9.97 Å². The van der Waals surface area contributed by atoms with E-state index in [1.165, 1.54) is 0 Å². The zero-order valence-electron chi connectivity index (χ0n) is 10.2. The van der Waals surface area contributed by atoms with E-state index < -0.39 is 0 Å². The van der Waals surface area contributed by atoms with Crippen molar-refractivity contribution in [3.63, 3.8) is 0 Å². The molecule has 1 rings (SSSR count). The SMILES string of the molecule is CCc1c(C)nc(CCC(C)C)nc1N. The van der Waals surface area contributed by atoms with Gasteiger partial charge in [0.05, 0.1) is 0 Å². The van der Waals surface area contributed by atoms with Gasteiger partial charge in [-0.2, -0.15) is 0 Å². The van der Waals surface area contributed by atoms with Gasteiger partial charge >= 0.3 is 0 Å². The maximum absolute atomic E-state index is 5.89. The van der Waals surface area contributed by atoms with Gasteiger partial charge in [0, 0.05) is 17.7 Å². The smallest absolute Gasteiger partial charge is 0.131 e. The number of nitrogens with zero attached hydrogens (tertiary/aromatic N) is 2. The highest BCUT2D eigenvalue weighted by Gasteiger charge is 2.07. The van der Waals surface area contributed by atoms with Crippen LogP contribution in [-0.2, 0) is 12.8 Å². The molecule has 1 aromatic rings. The second-order valence-electron chi connectivity index (χ2n) is 4.38. The first-order valence-corrected chi connectivity index (χ1v) is 5.66. The summed E-state index contributed by atoms with van der Waals surface area (Å²) in [6.45, 7) is 8.50. The topological polar surface area (TPSA) is 51.8 Å². The first-order valence-electron chi connectivity index (χ1n) is 5.66. The largest absolute Gasteiger partial charge is 0.383 e. The lowest BCUT2D eigenvalue weighted by atomic mass is 10.1. The first kappa shape index (κ1) is 12.0. The molecule has 3 nitrogen and oxygen atoms in total. The molecule has 2 N–H and O–H groups in total. The molecule has 0 bridgehead atoms. The van der Waals surface area contributed by atoms with Gasteiger partial charge in [0.25, 0.3) is 0 Å². The summed E-state index contributed by atoms with van der Waals surface area (Å²) in [5.74, 6) is 2.22. The third kappa shape index (κ3) is 3.18. The van der Waals surface area contributed by atoms with Crippen LogP contribution in [0.15, 0.2) is 0 Å². The van der Waals surface area contributed by atoms with Crippen molar-refractivity contribution in [2.24, 2.45) is 5.92 Å². The summed E-state index contributed by atoms with van der Waals surface area (Å²) in [6, 6.07) is 0. The van der Waals surface area contributed by atoms with E-state index in [0.29, 0.717) is 11.7 Å². The maximum Gasteiger partial charge on any atom is 0.131 e. The molecule has 0 aliphatic rings. The van der Waals surface area contributed by atoms with E-state index in [1.54, 1.807) is 0 Å². The Hall–Kier alpha value is -1.12. The molecule has 0 radical (unpaired) electrons. The molecular formula is C12H21N3. The Morgan fingerprint density at radius 3 is 2.40 bits per heavy atom. The van der Waals surface area contributed by atoms with E-state index in [-0.39, 0.29) is 0 Å². The number of hydrogen-bond acceptors (Lipinski definition) is 3. The van der Waals surface area contributed by atoms with Crippen LogP contribution >= 0.6 is 0 Å². The second-order valence-corrected chi connectivity index (χ2v) is 4.38. The molecule has 0 saturated heterocycles. The predicted octanol–water partition coefficient (Wildman–Crippen LogP) is 2.52. The van der Waals surface area contributed by atoms with Gasteiger partial charge < -0.3 is 5.73 Å². The van der Waals surface area contributed by atoms with E-state index in [2.05, 4.69) is 30.7 Å². The molecule has 0 fully saturated rings. The second kappa shape index (κ2) is 5.10. The summed E-state index contributed by atoms with van der Waals surface area (Å²) in [7, 11) is 0. The van der Waals surface area contributed by atoms with Crippen LogP contribution in [0.4, 0.5) is 5.82 Å². The van der Waals surface area contributed by atoms with Crippen LogP contribution in [0.5, 0.6) is 0 Å². The number of nitrogen functional groups attached to an aromatic ring is 1. The van der Waals surface area contributed by atoms with E-state index in [1.807, 2.05) is 6.92 Å². The summed E-state index contributed by atoms with van der Waals surface area (Å²) < 4.78 is 0. The number of hydrogen-bond donors (Lipinski definition) is 1. The van der Waals surface area contributed by atoms with Crippen molar-refractivity contribution in [3.8, 4) is 0 Å². The van der Waals surface area contributed by atoms with Gasteiger partial charge in [-0.15, -0.1) is 0 Å². The average Bonchev–Trinajstić information content (AvgIpc) is 2.14. The number of rotatable bonds is 4. The quantitative estimate of drug-likeness (QED) is 0.825. The summed E-state index contributed by atoms with van der Waals surface area (Å²) in [5.41, 5.74) is 8.01. The monoisotopic (exact) mass is 207 g/mol. The Morgan fingerprint density at radius 2 is 1.93 bits per heavy atom. The lowest BCUT2D eigenvalue weighted by molar-refractivity contribution is 0.574. The molecule has 0 aliphatic carbocycles. The summed E-state index contributed by atoms with van der Waals surface area (Å²) in [5, 5.41) is 0. The van der Waals surface area contributed by atoms with Crippen LogP contribution in [-0.4, -0.2) is 9.97 Å². The fourth-order valence-electron chi connectivity index (χ4n) is 1.64. The van der Waals surface area contributed by atoms with Gasteiger partial charge in [-0.05, 0) is 25.7 Å². The van der Waals surface area contributed by atoms with Crippen LogP contribution in [0.25, 0.3) is 0 Å². The van der Waals surface area contributed by atoms with Gasteiger partial charge in [0.15, 0.2) is 0 Å². The zero-order chi connectivity index (χ0) is 11.4. The predicted molar refractivity (Wildman–Crippen MR) is 63.7 cm³/mol. The first-order chi connectivity index (χ1) is 7.04. The van der Waals surface area contributed by atoms with Gasteiger partial charge in [-0.25, -0.2) is 9.97 Å². The minimum absolute atomic E-state index is 0.656. The molecule has 0 aliphatic heterocycles. The molecular weight excluding hydrogens is 186 g/mol. The fraction of sp³-hybridized carbons (Fsp3) is 0.667. The molecule has 3 heteroatoms. The van der Waals surface area contributed by atoms with Crippen molar-refractivity contribution in [2.75, 3.05) is 5.73 Å². The van der Waals surface area contributed by atoms with Gasteiger partial charge in [-0.3, -0.25) is 0 Å². The Bertz CT molecular complexity index is 309. The third-order valence-corrected chi connectivity index (χ3v) is 2.59. The summed E-state index contributed by atoms with van der Waals surface area (Å²) in [4.78, 5) is 8.83. The molecule has 1 heterocycles. The van der Waals surface area contributed by atoms with Crippen LogP contribution < -0.4 is 5.73 Å². The van der Waals surface area contributed by atoms with Crippen molar-refractivity contribution in [2.45, 2.75) is 47.0 Å². The molecule has 15 heavy (non-hydrogen) atoms. The van der Waals surface area contributed by atoms with Crippen LogP contribution in [0.2, 0.25) is 0 Å². The molecule has 0 atom stereocenters. The molecule has 0 spiro atoms. The average molecular weight is 207 g/mol. The fourth-order valence-corrected chi connectivity index (χ4v) is 1.64. The van der Waals surface area contributed by atoms with E-state index in [0.717, 1.165) is 36.3 Å². The lowest BCUT2D eigenvalue weighted by Gasteiger charge is -2.09. The minimum atomic E-state index is 0.656. The lowest BCUT2D eigenvalue weighted by Crippen LogP contribution is -2.07. The molecule has 0 unspecified atom stereocenters. The molecule has 84 valence electrons. The van der Waals surface area contributed by atoms with Gasteiger partial charge in [0.2, 0.25) is 0 Å². The van der Waals surface area contributed by atoms with Crippen LogP contribution in [0, 0.1) is 12.8 Å². The summed E-state index contributed by atoms with van der Waals surface area (Å²) in [6.07, 6.45) is 2.94. The highest BCUT2D eigenvalue weighted by atomic mass is 14.9. The normalized spacial score (nSPS) is 11.0. The standard InChI is InChI=1S/C12H21N3/c1-5-10-9(4)14-11(15-12(10)13)7-6-8(2)3/h8H,5-7H2,1-4H3,(H2,13,14,15). The van der Waals surface area contributed by atoms with E-state index >= 15 is 0 Å². The van der Waals surface area contributed by atoms with Crippen molar-refractivity contribution in [1.29, 1.82) is 0 Å². The number of anilines is 1. The Kier molecular flexibility index (Phi) is 4.06. The highest BCUT2D eigenvalue weighted by molar-refractivity contribution is 5.41. The molecule has 1 aromatic heterocycles. The highest BCUT2D eigenvalue weighted by Crippen LogP contribution is 2.15. The zero-order valence-corrected chi connectivity index (χ0v) is 10.2. The maximum atomic E-state index is 5.89. The summed E-state index contributed by atoms with van der Waals surface area (Å²) >= 11 is 0. The van der Waals surface area contributed by atoms with Crippen LogP contribution in [0.1, 0.15) is 44.3 Å². The number of nitrogens with two attached hydrogens (primary N) is 1. The van der Waals surface area contributed by atoms with Gasteiger partial charge in [-0.1, -0.05) is 20.8 Å². The van der Waals surface area contributed by atoms with Crippen molar-refractivity contribution >= 4 is 5.82 Å². The van der Waals surface area contributed by atoms with Crippen LogP contribution in [0.3, 0.4) is 0 Å². The molecule has 0 aromatic carbocycles. The Labute approximate surface area is 92.1 Å². The molecule has 0 saturated carbocycles. The third-order valence-electron chi connectivity index (χ3n) is 2.59. The number of aromatic nitrogens is 2. The van der Waals surface area contributed by atoms with Gasteiger partial charge in [0.1, 0.15) is 11.6 Å². The van der Waals surface area contributed by atoms with E-state index in [9.17, 15) is 0 Å².